The molecule has 0 heterocycles. The fourth-order valence-electron chi connectivity index (χ4n) is 0.321. The summed E-state index contributed by atoms with van der Waals surface area (Å²) in [5.74, 6) is 0. The zero-order chi connectivity index (χ0) is 11.1. The average molecular weight is 220 g/mol. The van der Waals surface area contributed by atoms with Crippen molar-refractivity contribution < 1.29 is 28.7 Å². The molecule has 0 radical (unpaired) electrons. The minimum absolute atomic E-state index is 1.81. The molecule has 0 N–H and O–H groups in total. The first-order valence-corrected chi connectivity index (χ1v) is 3.67. The minimum atomic E-state index is 1.81. The molecule has 71 valence electrons. The molecule has 0 aliphatic rings. The Morgan fingerprint density at radius 2 is 1.31 bits per heavy atom. The molecule has 4 heteroatoms. The van der Waals surface area contributed by atoms with E-state index < -0.39 is 0 Å². The molecule has 0 saturated carbocycles. The maximum Gasteiger partial charge on any atom is -0.172 e. The van der Waals surface area contributed by atoms with Crippen LogP contribution in [0.1, 0.15) is 0 Å². The van der Waals surface area contributed by atoms with E-state index in [1.807, 2.05) is 48.0 Å². The molecule has 0 bridgehead atoms. The van der Waals surface area contributed by atoms with Crippen LogP contribution >= 0.6 is 0 Å². The maximum atomic E-state index is 7.50. The van der Waals surface area contributed by atoms with Gasteiger partial charge in [0.15, 0.2) is 0 Å². The molecule has 0 amide bonds. The van der Waals surface area contributed by atoms with Crippen LogP contribution in [-0.2, 0) is 25.1 Å². The van der Waals surface area contributed by atoms with E-state index >= 15 is 0 Å². The van der Waals surface area contributed by atoms with Gasteiger partial charge in [-0.25, -0.2) is 12.1 Å². The molecular weight excluding hydrogens is 209 g/mol. The van der Waals surface area contributed by atoms with E-state index in [9.17, 15) is 0 Å². The summed E-state index contributed by atoms with van der Waals surface area (Å²) < 4.78 is 16.8. The number of nitrogens with zero attached hydrogens (tertiary/aromatic N) is 1. The van der Waals surface area contributed by atoms with Crippen LogP contribution < -0.4 is 0 Å². The van der Waals surface area contributed by atoms with Crippen molar-refractivity contribution in [2.45, 2.75) is 0 Å². The zero-order valence-corrected chi connectivity index (χ0v) is 8.71. The summed E-state index contributed by atoms with van der Waals surface area (Å²) in [6, 6.07) is 10.0. The summed E-state index contributed by atoms with van der Waals surface area (Å²) in [5.41, 5.74) is 0. The van der Waals surface area contributed by atoms with E-state index in [1.165, 1.54) is 0 Å². The van der Waals surface area contributed by atoms with E-state index in [-0.39, 0.29) is 0 Å². The summed E-state index contributed by atoms with van der Waals surface area (Å²) in [4.78, 5) is 0. The molecule has 13 heavy (non-hydrogen) atoms. The summed E-state index contributed by atoms with van der Waals surface area (Å²) in [6.45, 7) is 9.00. The van der Waals surface area contributed by atoms with Crippen LogP contribution in [0.3, 0.4) is 0 Å². The third-order valence-corrected chi connectivity index (χ3v) is 0.556. The van der Waals surface area contributed by atoms with Gasteiger partial charge in [-0.15, -0.1) is 0 Å². The Hall–Kier alpha value is -0.851. The molecule has 0 aliphatic heterocycles. The van der Waals surface area contributed by atoms with Crippen LogP contribution in [0.25, 0.3) is 0 Å². The van der Waals surface area contributed by atoms with Gasteiger partial charge in [0.2, 0.25) is 0 Å². The third kappa shape index (κ3) is 54.2. The van der Waals surface area contributed by atoms with Crippen molar-refractivity contribution in [1.29, 1.82) is 0 Å². The second kappa shape index (κ2) is 22.5. The largest absolute Gasteiger partial charge is 0.214 e. The first-order valence-electron chi connectivity index (χ1n) is 3.14. The van der Waals surface area contributed by atoms with Crippen molar-refractivity contribution >= 4 is 0 Å². The Kier molecular flexibility index (Phi) is 31.2. The van der Waals surface area contributed by atoms with Crippen molar-refractivity contribution in [3.63, 3.8) is 0 Å². The van der Waals surface area contributed by atoms with E-state index in [1.54, 1.807) is 0 Å². The molecule has 0 aliphatic carbocycles. The molecular formula is C9H11MnNO2. The molecule has 0 spiro atoms. The van der Waals surface area contributed by atoms with E-state index in [4.69, 9.17) is 9.30 Å². The molecule has 0 saturated heterocycles. The van der Waals surface area contributed by atoms with Gasteiger partial charge in [0.05, 0.1) is 0 Å². The smallest absolute Gasteiger partial charge is 0.172 e. The number of hydrogen-bond acceptors (Lipinski definition) is 0. The Balaban J connectivity index is -0.000000114. The third-order valence-electron chi connectivity index (χ3n) is 0.556. The Labute approximate surface area is 86.8 Å². The zero-order valence-electron chi connectivity index (χ0n) is 7.53. The molecule has 1 rings (SSSR count). The Morgan fingerprint density at radius 3 is 1.38 bits per heavy atom. The van der Waals surface area contributed by atoms with Gasteiger partial charge >= 0.3 is 56.1 Å². The van der Waals surface area contributed by atoms with Gasteiger partial charge in [-0.3, -0.25) is 0 Å². The monoisotopic (exact) mass is 220 g/mol. The van der Waals surface area contributed by atoms with Gasteiger partial charge in [0.25, 0.3) is 0 Å². The van der Waals surface area contributed by atoms with Crippen molar-refractivity contribution in [2.75, 3.05) is 14.1 Å². The Bertz CT molecular complexity index is 187. The van der Waals surface area contributed by atoms with E-state index in [0.29, 0.717) is 0 Å². The van der Waals surface area contributed by atoms with Crippen LogP contribution in [0.5, 0.6) is 0 Å². The predicted octanol–water partition coefficient (Wildman–Crippen LogP) is 1.32. The molecule has 0 aromatic heterocycles. The molecule has 0 atom stereocenters. The molecule has 1 aromatic rings. The fraction of sp³-hybridized carbons (Fsp3) is 0.222. The van der Waals surface area contributed by atoms with Gasteiger partial charge in [-0.2, -0.15) is 18.2 Å². The van der Waals surface area contributed by atoms with Crippen molar-refractivity contribution in [1.82, 2.24) is 0 Å². The predicted molar refractivity (Wildman–Crippen MR) is 42.0 cm³/mol. The van der Waals surface area contributed by atoms with Crippen LogP contribution in [0.2, 0.25) is 0 Å². The van der Waals surface area contributed by atoms with E-state index in [2.05, 4.69) is 29.1 Å². The first kappa shape index (κ1) is 18.0. The SMILES string of the molecule is C[N+](C)=[Mn].[C-]#[O+].[C-]#[O+].c1cc[cH-]c1. The summed E-state index contributed by atoms with van der Waals surface area (Å²) in [6.07, 6.45) is 0. The van der Waals surface area contributed by atoms with Crippen LogP contribution in [0, 0.1) is 13.3 Å². The van der Waals surface area contributed by atoms with Gasteiger partial charge in [0.1, 0.15) is 0 Å². The normalized spacial score (nSPS) is 5.38. The second-order valence-corrected chi connectivity index (χ2v) is 2.80. The van der Waals surface area contributed by atoms with Crippen LogP contribution in [0.4, 0.5) is 0 Å². The van der Waals surface area contributed by atoms with Gasteiger partial charge in [-0.05, 0) is 0 Å². The van der Waals surface area contributed by atoms with Gasteiger partial charge in [-0.1, -0.05) is 0 Å². The average Bonchev–Trinajstić information content (AvgIpc) is 2.67. The van der Waals surface area contributed by atoms with Crippen molar-refractivity contribution in [2.24, 2.45) is 0 Å². The Morgan fingerprint density at radius 1 is 1.08 bits per heavy atom. The van der Waals surface area contributed by atoms with Crippen LogP contribution in [-0.4, -0.2) is 17.6 Å². The standard InChI is InChI=1S/C5H5.C2H6N.2CO.Mn/c1-2-4-5-3-1;1-3-2;2*1-2;/h1-5H;1-2H3;;;/q2*-1;;;+2. The molecule has 0 unspecified atom stereocenters. The van der Waals surface area contributed by atoms with Crippen molar-refractivity contribution in [3.05, 3.63) is 43.6 Å². The maximum absolute atomic E-state index is 7.50. The quantitative estimate of drug-likeness (QED) is 0.359. The fourth-order valence-corrected chi connectivity index (χ4v) is 0.321. The van der Waals surface area contributed by atoms with Gasteiger partial charge in [0, 0.05) is 0 Å². The van der Waals surface area contributed by atoms with Crippen molar-refractivity contribution in [3.8, 4) is 0 Å². The summed E-state index contributed by atoms with van der Waals surface area (Å²) >= 11 is 3.10. The minimum Gasteiger partial charge on any atom is -0.214 e. The summed E-state index contributed by atoms with van der Waals surface area (Å²) in [5, 5.41) is 0. The summed E-state index contributed by atoms with van der Waals surface area (Å²) in [7, 11) is 3.83. The number of rotatable bonds is 0. The van der Waals surface area contributed by atoms with Gasteiger partial charge < -0.3 is 0 Å². The molecule has 0 fully saturated rings. The van der Waals surface area contributed by atoms with E-state index in [0.717, 1.165) is 0 Å². The first-order chi connectivity index (χ1) is 6.23. The number of hydrogen-bond donors (Lipinski definition) is 0. The second-order valence-electron chi connectivity index (χ2n) is 1.75. The van der Waals surface area contributed by atoms with Crippen LogP contribution in [0.15, 0.2) is 30.3 Å². The molecule has 3 nitrogen and oxygen atoms in total. The topological polar surface area (TPSA) is 42.8 Å². The molecule has 1 aromatic carbocycles.